The van der Waals surface area contributed by atoms with E-state index in [1.807, 2.05) is 50.4 Å². The molecule has 0 amide bonds. The molecule has 11 nitrogen and oxygen atoms in total. The van der Waals surface area contributed by atoms with Crippen molar-refractivity contribution in [1.82, 2.24) is 38.8 Å². The van der Waals surface area contributed by atoms with Crippen molar-refractivity contribution in [3.8, 4) is 23.0 Å². The van der Waals surface area contributed by atoms with Crippen molar-refractivity contribution in [2.75, 3.05) is 26.3 Å². The van der Waals surface area contributed by atoms with E-state index in [1.54, 1.807) is 33.7 Å². The Morgan fingerprint density at radius 3 is 2.70 bits per heavy atom. The zero-order chi connectivity index (χ0) is 28.6. The van der Waals surface area contributed by atoms with E-state index in [1.165, 1.54) is 0 Å². The molecule has 5 rings (SSSR count). The van der Waals surface area contributed by atoms with Crippen molar-refractivity contribution in [3.05, 3.63) is 41.4 Å². The van der Waals surface area contributed by atoms with Crippen LogP contribution >= 0.6 is 0 Å². The smallest absolute Gasteiger partial charge is 0.251 e. The van der Waals surface area contributed by atoms with Gasteiger partial charge in [-0.2, -0.15) is 5.10 Å². The summed E-state index contributed by atoms with van der Waals surface area (Å²) in [6.07, 6.45) is 5.98. The molecule has 4 aromatic rings. The van der Waals surface area contributed by atoms with Crippen molar-refractivity contribution in [1.29, 1.82) is 0 Å². The van der Waals surface area contributed by atoms with Gasteiger partial charge in [-0.15, -0.1) is 5.10 Å². The number of aliphatic hydroxyl groups excluding tert-OH is 1. The molecular formula is C27H34F2N8O3. The Hall–Kier alpha value is -3.84. The van der Waals surface area contributed by atoms with Gasteiger partial charge in [0.05, 0.1) is 71.9 Å². The summed E-state index contributed by atoms with van der Waals surface area (Å²) in [5.74, 6) is 1.49. The highest BCUT2D eigenvalue weighted by atomic mass is 19.3. The van der Waals surface area contributed by atoms with Crippen molar-refractivity contribution in [2.45, 2.75) is 52.8 Å². The minimum Gasteiger partial charge on any atom is -0.476 e. The molecule has 2 atom stereocenters. The van der Waals surface area contributed by atoms with Gasteiger partial charge in [0.15, 0.2) is 0 Å². The van der Waals surface area contributed by atoms with Crippen LogP contribution in [0.25, 0.3) is 28.9 Å². The summed E-state index contributed by atoms with van der Waals surface area (Å²) in [6.45, 7) is 7.43. The third-order valence-corrected chi connectivity index (χ3v) is 6.84. The van der Waals surface area contributed by atoms with E-state index in [-0.39, 0.29) is 19.7 Å². The zero-order valence-electron chi connectivity index (χ0n) is 23.3. The number of alkyl halides is 2. The summed E-state index contributed by atoms with van der Waals surface area (Å²) >= 11 is 0. The molecule has 2 bridgehead atoms. The van der Waals surface area contributed by atoms with Gasteiger partial charge in [-0.1, -0.05) is 0 Å². The van der Waals surface area contributed by atoms with E-state index < -0.39 is 25.1 Å². The number of aliphatic hydroxyl groups is 1. The molecule has 0 saturated heterocycles. The van der Waals surface area contributed by atoms with Crippen molar-refractivity contribution in [2.24, 2.45) is 7.05 Å². The Labute approximate surface area is 230 Å². The minimum absolute atomic E-state index is 0.131. The predicted molar refractivity (Wildman–Crippen MR) is 145 cm³/mol. The van der Waals surface area contributed by atoms with Gasteiger partial charge in [0.1, 0.15) is 11.9 Å². The Kier molecular flexibility index (Phi) is 7.86. The number of aromatic nitrogens is 7. The summed E-state index contributed by atoms with van der Waals surface area (Å²) in [7, 11) is 1.78. The summed E-state index contributed by atoms with van der Waals surface area (Å²) in [6, 6.07) is -0.402. The highest BCUT2D eigenvalue weighted by Crippen LogP contribution is 2.34. The molecule has 0 saturated carbocycles. The lowest BCUT2D eigenvalue weighted by atomic mass is 10.1. The number of fused-ring (bicyclic) bond motifs is 4. The highest BCUT2D eigenvalue weighted by molar-refractivity contribution is 5.73. The summed E-state index contributed by atoms with van der Waals surface area (Å²) in [5.41, 5.74) is 4.18. The Balaban J connectivity index is 1.73. The molecule has 214 valence electrons. The second-order valence-corrected chi connectivity index (χ2v) is 9.99. The lowest BCUT2D eigenvalue weighted by molar-refractivity contribution is 0.0582. The molecule has 0 aliphatic carbocycles. The molecular weight excluding hydrogens is 522 g/mol. The van der Waals surface area contributed by atoms with E-state index in [4.69, 9.17) is 9.47 Å². The van der Waals surface area contributed by atoms with E-state index in [0.717, 1.165) is 16.8 Å². The van der Waals surface area contributed by atoms with Gasteiger partial charge >= 0.3 is 0 Å². The SMILES string of the molecule is CCOc1nn([C@@H](C)CO)c2c1/C=C/c1ncc3cnc(cn13)-c1c(C)nn(C)c1O[C@@H](C)CN(CC(F)F)C2. The van der Waals surface area contributed by atoms with Crippen LogP contribution in [0.5, 0.6) is 11.8 Å². The largest absolute Gasteiger partial charge is 0.476 e. The highest BCUT2D eigenvalue weighted by Gasteiger charge is 2.27. The maximum absolute atomic E-state index is 13.8. The quantitative estimate of drug-likeness (QED) is 0.384. The fourth-order valence-corrected chi connectivity index (χ4v) is 5.07. The Morgan fingerprint density at radius 1 is 1.20 bits per heavy atom. The van der Waals surface area contributed by atoms with Crippen molar-refractivity contribution < 1.29 is 23.4 Å². The molecule has 1 N–H and O–H groups in total. The van der Waals surface area contributed by atoms with E-state index in [9.17, 15) is 13.9 Å². The van der Waals surface area contributed by atoms with Gasteiger partial charge in [0.25, 0.3) is 6.43 Å². The van der Waals surface area contributed by atoms with Crippen LogP contribution in [0.4, 0.5) is 8.78 Å². The fourth-order valence-electron chi connectivity index (χ4n) is 5.07. The monoisotopic (exact) mass is 556 g/mol. The minimum atomic E-state index is -2.57. The number of hydrogen-bond acceptors (Lipinski definition) is 8. The average Bonchev–Trinajstić information content (AvgIpc) is 3.54. The molecule has 0 unspecified atom stereocenters. The summed E-state index contributed by atoms with van der Waals surface area (Å²) < 4.78 is 45.1. The molecule has 0 spiro atoms. The normalized spacial score (nSPS) is 17.8. The van der Waals surface area contributed by atoms with Crippen LogP contribution in [-0.2, 0) is 13.6 Å². The molecule has 40 heavy (non-hydrogen) atoms. The maximum Gasteiger partial charge on any atom is 0.251 e. The van der Waals surface area contributed by atoms with Gasteiger partial charge in [-0.3, -0.25) is 19.0 Å². The van der Waals surface area contributed by atoms with Gasteiger partial charge < -0.3 is 14.6 Å². The van der Waals surface area contributed by atoms with Gasteiger partial charge in [-0.25, -0.2) is 18.4 Å². The number of hydrogen-bond donors (Lipinski definition) is 1. The predicted octanol–water partition coefficient (Wildman–Crippen LogP) is 3.61. The number of nitrogens with zero attached hydrogens (tertiary/aromatic N) is 8. The molecule has 1 aliphatic heterocycles. The maximum atomic E-state index is 13.8. The van der Waals surface area contributed by atoms with Gasteiger partial charge in [0.2, 0.25) is 11.8 Å². The van der Waals surface area contributed by atoms with Gasteiger partial charge in [-0.05, 0) is 39.8 Å². The molecule has 0 aromatic carbocycles. The first-order valence-electron chi connectivity index (χ1n) is 13.3. The van der Waals surface area contributed by atoms with Crippen LogP contribution in [0.3, 0.4) is 0 Å². The van der Waals surface area contributed by atoms with E-state index in [2.05, 4.69) is 20.2 Å². The molecule has 1 aliphatic rings. The lowest BCUT2D eigenvalue weighted by Gasteiger charge is -2.27. The second-order valence-electron chi connectivity index (χ2n) is 9.99. The molecule has 0 radical (unpaired) electrons. The topological polar surface area (TPSA) is 108 Å². The lowest BCUT2D eigenvalue weighted by Crippen LogP contribution is -2.38. The van der Waals surface area contributed by atoms with E-state index in [0.29, 0.717) is 41.1 Å². The van der Waals surface area contributed by atoms with Crippen LogP contribution in [-0.4, -0.2) is 82.8 Å². The first kappa shape index (κ1) is 27.7. The molecule has 5 heterocycles. The Bertz CT molecular complexity index is 1530. The van der Waals surface area contributed by atoms with Gasteiger partial charge in [0, 0.05) is 26.3 Å². The zero-order valence-corrected chi connectivity index (χ0v) is 23.3. The van der Waals surface area contributed by atoms with Crippen molar-refractivity contribution >= 4 is 17.7 Å². The number of imidazole rings is 1. The number of ether oxygens (including phenoxy) is 2. The molecule has 0 fully saturated rings. The van der Waals surface area contributed by atoms with Crippen LogP contribution in [0.2, 0.25) is 0 Å². The van der Waals surface area contributed by atoms with Crippen LogP contribution in [0.1, 0.15) is 49.6 Å². The third-order valence-electron chi connectivity index (χ3n) is 6.84. The van der Waals surface area contributed by atoms with Crippen LogP contribution < -0.4 is 9.47 Å². The Morgan fingerprint density at radius 2 is 1.98 bits per heavy atom. The standard InChI is InChI=1S/C27H34F2N8O3/c1-6-39-26-20-7-8-24-31-10-19-9-30-21(12-36(19)24)25-18(4)32-34(5)27(25)40-17(3)11-35(14-23(28)29)13-22(20)37(33-26)16(2)15-38/h7-10,12,16-17,23,38H,6,11,13-15H2,1-5H3/b8-7+/t16-,17-/m0/s1. The summed E-state index contributed by atoms with van der Waals surface area (Å²) in [5, 5.41) is 19.1. The van der Waals surface area contributed by atoms with Crippen LogP contribution in [0.15, 0.2) is 18.6 Å². The van der Waals surface area contributed by atoms with Crippen LogP contribution in [0, 0.1) is 6.92 Å². The van der Waals surface area contributed by atoms with E-state index >= 15 is 0 Å². The average molecular weight is 557 g/mol. The third kappa shape index (κ3) is 5.30. The van der Waals surface area contributed by atoms with Crippen molar-refractivity contribution in [3.63, 3.8) is 0 Å². The number of halogens is 2. The first-order chi connectivity index (χ1) is 19.2. The summed E-state index contributed by atoms with van der Waals surface area (Å²) in [4.78, 5) is 10.9. The number of aryl methyl sites for hydroxylation is 2. The molecule has 4 aromatic heterocycles. The molecule has 13 heteroatoms. The first-order valence-corrected chi connectivity index (χ1v) is 13.3. The fraction of sp³-hybridized carbons (Fsp3) is 0.481. The number of rotatable bonds is 6. The second kappa shape index (κ2) is 11.3.